The molecule has 1 saturated heterocycles. The number of likely N-dealkylation sites (tertiary alicyclic amines) is 1. The molecule has 5 nitrogen and oxygen atoms in total. The minimum Gasteiger partial charge on any atom is -0.342 e. The highest BCUT2D eigenvalue weighted by Gasteiger charge is 2.26. The largest absolute Gasteiger partial charge is 0.342 e. The predicted octanol–water partition coefficient (Wildman–Crippen LogP) is 2.21. The summed E-state index contributed by atoms with van der Waals surface area (Å²) in [7, 11) is 0. The topological polar surface area (TPSA) is 62.3 Å². The lowest BCUT2D eigenvalue weighted by Gasteiger charge is -2.17. The van der Waals surface area contributed by atoms with E-state index in [1.165, 1.54) is 5.56 Å². The lowest BCUT2D eigenvalue weighted by atomic mass is 10.00. The Bertz CT molecular complexity index is 804. The third-order valence-corrected chi connectivity index (χ3v) is 5.07. The fraction of sp³-hybridized carbons (Fsp3) is 0.350. The molecule has 4 rings (SSSR count). The molecule has 0 spiro atoms. The van der Waals surface area contributed by atoms with E-state index in [9.17, 15) is 9.59 Å². The van der Waals surface area contributed by atoms with Crippen LogP contribution in [0.15, 0.2) is 42.7 Å². The Hall–Kier alpha value is -2.69. The highest BCUT2D eigenvalue weighted by atomic mass is 16.2. The summed E-state index contributed by atoms with van der Waals surface area (Å²) in [5.41, 5.74) is 4.11. The highest BCUT2D eigenvalue weighted by molar-refractivity contribution is 5.99. The van der Waals surface area contributed by atoms with Gasteiger partial charge in [-0.15, -0.1) is 0 Å². The maximum atomic E-state index is 12.6. The number of nitrogens with one attached hydrogen (secondary N) is 1. The summed E-state index contributed by atoms with van der Waals surface area (Å²) in [6, 6.07) is 9.93. The van der Waals surface area contributed by atoms with E-state index in [0.717, 1.165) is 42.7 Å². The van der Waals surface area contributed by atoms with Crippen LogP contribution in [0.25, 0.3) is 0 Å². The molecular formula is C20H21N3O2. The summed E-state index contributed by atoms with van der Waals surface area (Å²) in [4.78, 5) is 30.1. The van der Waals surface area contributed by atoms with Gasteiger partial charge in [0.15, 0.2) is 0 Å². The summed E-state index contributed by atoms with van der Waals surface area (Å²) < 4.78 is 0. The van der Waals surface area contributed by atoms with Crippen molar-refractivity contribution in [3.05, 3.63) is 59.4 Å². The summed E-state index contributed by atoms with van der Waals surface area (Å²) in [6.45, 7) is 1.65. The molecule has 1 atom stereocenters. The number of benzene rings is 1. The number of pyridine rings is 1. The predicted molar refractivity (Wildman–Crippen MR) is 95.1 cm³/mol. The van der Waals surface area contributed by atoms with Crippen molar-refractivity contribution >= 4 is 17.5 Å². The van der Waals surface area contributed by atoms with Crippen LogP contribution in [0, 0.1) is 5.92 Å². The Morgan fingerprint density at radius 3 is 2.88 bits per heavy atom. The number of rotatable bonds is 4. The zero-order chi connectivity index (χ0) is 17.2. The molecule has 128 valence electrons. The molecule has 1 aromatic carbocycles. The zero-order valence-electron chi connectivity index (χ0n) is 14.1. The first-order valence-electron chi connectivity index (χ1n) is 8.76. The van der Waals surface area contributed by atoms with Gasteiger partial charge < -0.3 is 10.2 Å². The Morgan fingerprint density at radius 2 is 2.04 bits per heavy atom. The molecule has 5 heteroatoms. The van der Waals surface area contributed by atoms with Gasteiger partial charge in [0.2, 0.25) is 11.8 Å². The Balaban J connectivity index is 1.35. The summed E-state index contributed by atoms with van der Waals surface area (Å²) in [6.07, 6.45) is 6.52. The van der Waals surface area contributed by atoms with Gasteiger partial charge in [-0.25, -0.2) is 0 Å². The van der Waals surface area contributed by atoms with Crippen LogP contribution in [-0.2, 0) is 28.9 Å². The van der Waals surface area contributed by atoms with Crippen LogP contribution in [0.2, 0.25) is 0 Å². The molecule has 0 aliphatic carbocycles. The van der Waals surface area contributed by atoms with Gasteiger partial charge in [-0.3, -0.25) is 14.6 Å². The maximum Gasteiger partial charge on any atom is 0.228 e. The number of hydrogen-bond donors (Lipinski definition) is 1. The van der Waals surface area contributed by atoms with Gasteiger partial charge in [0.1, 0.15) is 0 Å². The van der Waals surface area contributed by atoms with Gasteiger partial charge in [0.25, 0.3) is 0 Å². The quantitative estimate of drug-likeness (QED) is 0.932. The molecule has 0 bridgehead atoms. The lowest BCUT2D eigenvalue weighted by molar-refractivity contribution is -0.129. The number of fused-ring (bicyclic) bond motifs is 1. The van der Waals surface area contributed by atoms with Crippen molar-refractivity contribution in [1.29, 1.82) is 0 Å². The number of anilines is 1. The molecule has 1 N–H and O–H groups in total. The van der Waals surface area contributed by atoms with Crippen LogP contribution in [0.3, 0.4) is 0 Å². The fourth-order valence-electron chi connectivity index (χ4n) is 3.74. The molecular weight excluding hydrogens is 314 g/mol. The highest BCUT2D eigenvalue weighted by Crippen LogP contribution is 2.25. The van der Waals surface area contributed by atoms with Crippen molar-refractivity contribution in [3.8, 4) is 0 Å². The van der Waals surface area contributed by atoms with E-state index in [-0.39, 0.29) is 11.8 Å². The van der Waals surface area contributed by atoms with Gasteiger partial charge in [-0.2, -0.15) is 0 Å². The first kappa shape index (κ1) is 15.8. The Morgan fingerprint density at radius 1 is 1.20 bits per heavy atom. The number of carbonyl (C=O) groups is 2. The molecule has 2 aromatic rings. The van der Waals surface area contributed by atoms with Crippen LogP contribution in [0.4, 0.5) is 5.69 Å². The molecule has 1 unspecified atom stereocenters. The van der Waals surface area contributed by atoms with Gasteiger partial charge >= 0.3 is 0 Å². The maximum absolute atomic E-state index is 12.6. The first-order chi connectivity index (χ1) is 12.2. The monoisotopic (exact) mass is 335 g/mol. The average Bonchev–Trinajstić information content (AvgIpc) is 3.21. The van der Waals surface area contributed by atoms with Gasteiger partial charge in [0.05, 0.1) is 12.8 Å². The second kappa shape index (κ2) is 6.67. The van der Waals surface area contributed by atoms with Crippen LogP contribution >= 0.6 is 0 Å². The van der Waals surface area contributed by atoms with Crippen molar-refractivity contribution < 1.29 is 9.59 Å². The summed E-state index contributed by atoms with van der Waals surface area (Å²) in [5, 5.41) is 2.85. The minimum atomic E-state index is 0.0250. The molecule has 2 aliphatic rings. The number of aromatic nitrogens is 1. The van der Waals surface area contributed by atoms with E-state index in [0.29, 0.717) is 18.8 Å². The average molecular weight is 335 g/mol. The van der Waals surface area contributed by atoms with Crippen LogP contribution in [-0.4, -0.2) is 34.8 Å². The molecule has 3 heterocycles. The number of nitrogens with zero attached hydrogens (tertiary/aromatic N) is 2. The smallest absolute Gasteiger partial charge is 0.228 e. The number of hydrogen-bond acceptors (Lipinski definition) is 3. The molecule has 1 fully saturated rings. The number of carbonyl (C=O) groups excluding carboxylic acids is 2. The van der Waals surface area contributed by atoms with E-state index < -0.39 is 0 Å². The first-order valence-corrected chi connectivity index (χ1v) is 8.76. The zero-order valence-corrected chi connectivity index (χ0v) is 14.1. The fourth-order valence-corrected chi connectivity index (χ4v) is 3.74. The normalized spacial score (nSPS) is 19.0. The van der Waals surface area contributed by atoms with Crippen LogP contribution in [0.5, 0.6) is 0 Å². The van der Waals surface area contributed by atoms with Crippen LogP contribution < -0.4 is 5.32 Å². The van der Waals surface area contributed by atoms with Crippen molar-refractivity contribution in [2.75, 3.05) is 18.4 Å². The Labute approximate surface area is 147 Å². The molecule has 0 radical (unpaired) electrons. The SMILES string of the molecule is O=C1Cc2ccc(CC(=O)N3CCC(Cc4ccncc4)C3)cc2N1. The van der Waals surface area contributed by atoms with Crippen LogP contribution in [0.1, 0.15) is 23.1 Å². The minimum absolute atomic E-state index is 0.0250. The molecule has 25 heavy (non-hydrogen) atoms. The van der Waals surface area contributed by atoms with Gasteiger partial charge in [-0.05, 0) is 53.6 Å². The van der Waals surface area contributed by atoms with Crippen molar-refractivity contribution in [1.82, 2.24) is 9.88 Å². The molecule has 1 aromatic heterocycles. The third-order valence-electron chi connectivity index (χ3n) is 5.07. The summed E-state index contributed by atoms with van der Waals surface area (Å²) >= 11 is 0. The Kier molecular flexibility index (Phi) is 4.22. The van der Waals surface area contributed by atoms with Crippen molar-refractivity contribution in [2.24, 2.45) is 5.92 Å². The van der Waals surface area contributed by atoms with Crippen molar-refractivity contribution in [2.45, 2.75) is 25.7 Å². The molecule has 0 saturated carbocycles. The molecule has 2 amide bonds. The second-order valence-corrected chi connectivity index (χ2v) is 6.95. The van der Waals surface area contributed by atoms with Crippen molar-refractivity contribution in [3.63, 3.8) is 0 Å². The van der Waals surface area contributed by atoms with E-state index in [4.69, 9.17) is 0 Å². The molecule has 2 aliphatic heterocycles. The number of amides is 2. The lowest BCUT2D eigenvalue weighted by Crippen LogP contribution is -2.30. The second-order valence-electron chi connectivity index (χ2n) is 6.95. The van der Waals surface area contributed by atoms with Gasteiger partial charge in [0, 0.05) is 31.2 Å². The van der Waals surface area contributed by atoms with E-state index >= 15 is 0 Å². The summed E-state index contributed by atoms with van der Waals surface area (Å²) in [5.74, 6) is 0.712. The van der Waals surface area contributed by atoms with E-state index in [2.05, 4.69) is 10.3 Å². The van der Waals surface area contributed by atoms with Gasteiger partial charge in [-0.1, -0.05) is 12.1 Å². The standard InChI is InChI=1S/C20H21N3O2/c24-19-12-17-2-1-15(10-18(17)22-19)11-20(25)23-8-5-16(13-23)9-14-3-6-21-7-4-14/h1-4,6-7,10,16H,5,8-9,11-13H2,(H,22,24). The van der Waals surface area contributed by atoms with E-state index in [1.807, 2.05) is 47.6 Å². The van der Waals surface area contributed by atoms with E-state index in [1.54, 1.807) is 0 Å². The third kappa shape index (κ3) is 3.55.